The summed E-state index contributed by atoms with van der Waals surface area (Å²) in [5.41, 5.74) is 1.19. The molecule has 2 amide bonds. The zero-order chi connectivity index (χ0) is 17.9. The average molecular weight is 344 g/mol. The molecule has 0 bridgehead atoms. The summed E-state index contributed by atoms with van der Waals surface area (Å²) < 4.78 is 16.0. The molecule has 2 N–H and O–H groups in total. The fourth-order valence-corrected chi connectivity index (χ4v) is 2.23. The van der Waals surface area contributed by atoms with E-state index < -0.39 is 0 Å². The first kappa shape index (κ1) is 18.4. The minimum Gasteiger partial charge on any atom is -0.496 e. The number of nitrogens with one attached hydrogen (secondary N) is 2. The lowest BCUT2D eigenvalue weighted by molar-refractivity contribution is 0.236. The van der Waals surface area contributed by atoms with Gasteiger partial charge in [0.05, 0.1) is 20.8 Å². The van der Waals surface area contributed by atoms with Crippen molar-refractivity contribution in [3.8, 4) is 17.2 Å². The van der Waals surface area contributed by atoms with E-state index in [1.807, 2.05) is 30.3 Å². The molecule has 0 heterocycles. The second kappa shape index (κ2) is 10.1. The molecule has 0 aliphatic carbocycles. The van der Waals surface area contributed by atoms with Gasteiger partial charge in [0.25, 0.3) is 0 Å². The molecule has 2 aromatic carbocycles. The first-order chi connectivity index (χ1) is 12.2. The van der Waals surface area contributed by atoms with E-state index in [2.05, 4.69) is 10.6 Å². The third-order valence-corrected chi connectivity index (χ3v) is 3.52. The van der Waals surface area contributed by atoms with Crippen LogP contribution in [0.4, 0.5) is 4.79 Å². The molecule has 0 atom stereocenters. The lowest BCUT2D eigenvalue weighted by Gasteiger charge is -2.11. The number of rotatable bonds is 9. The van der Waals surface area contributed by atoms with Gasteiger partial charge < -0.3 is 24.8 Å². The van der Waals surface area contributed by atoms with Crippen LogP contribution in [0.2, 0.25) is 0 Å². The maximum absolute atomic E-state index is 11.7. The van der Waals surface area contributed by atoms with Gasteiger partial charge in [-0.05, 0) is 12.0 Å². The van der Waals surface area contributed by atoms with Crippen molar-refractivity contribution in [3.05, 3.63) is 54.1 Å². The summed E-state index contributed by atoms with van der Waals surface area (Å²) in [4.78, 5) is 11.7. The van der Waals surface area contributed by atoms with Gasteiger partial charge in [-0.25, -0.2) is 4.79 Å². The molecule has 0 fully saturated rings. The van der Waals surface area contributed by atoms with Gasteiger partial charge in [0, 0.05) is 24.7 Å². The fourth-order valence-electron chi connectivity index (χ4n) is 2.23. The highest BCUT2D eigenvalue weighted by molar-refractivity contribution is 5.73. The van der Waals surface area contributed by atoms with Crippen LogP contribution in [0.15, 0.2) is 48.5 Å². The van der Waals surface area contributed by atoms with Crippen molar-refractivity contribution in [2.45, 2.75) is 6.42 Å². The fraction of sp³-hybridized carbons (Fsp3) is 0.316. The third-order valence-electron chi connectivity index (χ3n) is 3.52. The number of urea groups is 1. The van der Waals surface area contributed by atoms with E-state index >= 15 is 0 Å². The molecule has 134 valence electrons. The van der Waals surface area contributed by atoms with Gasteiger partial charge in [0.1, 0.15) is 23.9 Å². The predicted octanol–water partition coefficient (Wildman–Crippen LogP) is 2.62. The van der Waals surface area contributed by atoms with Crippen LogP contribution >= 0.6 is 0 Å². The molecule has 6 nitrogen and oxygen atoms in total. The molecule has 0 saturated heterocycles. The van der Waals surface area contributed by atoms with Crippen LogP contribution in [-0.4, -0.2) is 39.9 Å². The van der Waals surface area contributed by atoms with Crippen LogP contribution in [-0.2, 0) is 6.42 Å². The summed E-state index contributed by atoms with van der Waals surface area (Å²) >= 11 is 0. The lowest BCUT2D eigenvalue weighted by Crippen LogP contribution is -2.38. The van der Waals surface area contributed by atoms with E-state index in [9.17, 15) is 4.79 Å². The van der Waals surface area contributed by atoms with Gasteiger partial charge in [-0.3, -0.25) is 0 Å². The number of benzene rings is 2. The Labute approximate surface area is 148 Å². The monoisotopic (exact) mass is 344 g/mol. The molecular weight excluding hydrogens is 320 g/mol. The second-order valence-corrected chi connectivity index (χ2v) is 5.32. The van der Waals surface area contributed by atoms with Crippen molar-refractivity contribution in [2.75, 3.05) is 33.9 Å². The van der Waals surface area contributed by atoms with Crippen LogP contribution < -0.4 is 24.8 Å². The quantitative estimate of drug-likeness (QED) is 0.686. The van der Waals surface area contributed by atoms with E-state index in [1.54, 1.807) is 32.4 Å². The Balaban J connectivity index is 1.64. The van der Waals surface area contributed by atoms with Crippen LogP contribution in [0.1, 0.15) is 5.56 Å². The number of hydrogen-bond donors (Lipinski definition) is 2. The average Bonchev–Trinajstić information content (AvgIpc) is 2.65. The normalized spacial score (nSPS) is 10.0. The predicted molar refractivity (Wildman–Crippen MR) is 96.6 cm³/mol. The van der Waals surface area contributed by atoms with Crippen molar-refractivity contribution in [1.29, 1.82) is 0 Å². The first-order valence-electron chi connectivity index (χ1n) is 8.13. The summed E-state index contributed by atoms with van der Waals surface area (Å²) in [7, 11) is 3.17. The molecule has 0 aromatic heterocycles. The Bertz CT molecular complexity index is 639. The highest BCUT2D eigenvalue weighted by atomic mass is 16.5. The van der Waals surface area contributed by atoms with Crippen LogP contribution in [0, 0.1) is 0 Å². The maximum Gasteiger partial charge on any atom is 0.314 e. The summed E-state index contributed by atoms with van der Waals surface area (Å²) in [5.74, 6) is 1.93. The number of carbonyl (C=O) groups excluding carboxylic acids is 1. The minimum absolute atomic E-state index is 0.206. The summed E-state index contributed by atoms with van der Waals surface area (Å²) in [6.45, 7) is 1.34. The maximum atomic E-state index is 11.7. The Hall–Kier alpha value is -2.89. The zero-order valence-corrected chi connectivity index (χ0v) is 14.6. The van der Waals surface area contributed by atoms with Crippen LogP contribution in [0.3, 0.4) is 0 Å². The molecule has 0 radical (unpaired) electrons. The summed E-state index contributed by atoms with van der Waals surface area (Å²) in [6, 6.07) is 15.1. The van der Waals surface area contributed by atoms with E-state index in [4.69, 9.17) is 14.2 Å². The van der Waals surface area contributed by atoms with E-state index in [-0.39, 0.29) is 6.03 Å². The van der Waals surface area contributed by atoms with E-state index in [1.165, 1.54) is 5.56 Å². The zero-order valence-electron chi connectivity index (χ0n) is 14.6. The Morgan fingerprint density at radius 1 is 0.880 bits per heavy atom. The van der Waals surface area contributed by atoms with Gasteiger partial charge >= 0.3 is 6.03 Å². The van der Waals surface area contributed by atoms with Gasteiger partial charge in [0.2, 0.25) is 0 Å². The molecule has 25 heavy (non-hydrogen) atoms. The van der Waals surface area contributed by atoms with Crippen LogP contribution in [0.5, 0.6) is 17.2 Å². The van der Waals surface area contributed by atoms with Crippen LogP contribution in [0.25, 0.3) is 0 Å². The topological polar surface area (TPSA) is 68.8 Å². The largest absolute Gasteiger partial charge is 0.496 e. The number of hydrogen-bond acceptors (Lipinski definition) is 4. The molecular formula is C19H24N2O4. The molecule has 0 spiro atoms. The smallest absolute Gasteiger partial charge is 0.314 e. The van der Waals surface area contributed by atoms with Gasteiger partial charge in [-0.2, -0.15) is 0 Å². The Kier molecular flexibility index (Phi) is 7.43. The first-order valence-corrected chi connectivity index (χ1v) is 8.13. The molecule has 0 unspecified atom stereocenters. The molecule has 0 aliphatic heterocycles. The summed E-state index contributed by atoms with van der Waals surface area (Å²) in [5, 5.41) is 5.58. The third kappa shape index (κ3) is 6.63. The SMILES string of the molecule is COc1cc(OC)cc(OCCNC(=O)NCCc2ccccc2)c1. The van der Waals surface area contributed by atoms with Crippen molar-refractivity contribution in [1.82, 2.24) is 10.6 Å². The Morgan fingerprint density at radius 2 is 1.48 bits per heavy atom. The number of methoxy groups -OCH3 is 2. The van der Waals surface area contributed by atoms with Gasteiger partial charge in [-0.15, -0.1) is 0 Å². The number of amides is 2. The second-order valence-electron chi connectivity index (χ2n) is 5.32. The van der Waals surface area contributed by atoms with E-state index in [0.29, 0.717) is 36.9 Å². The molecule has 2 aromatic rings. The van der Waals surface area contributed by atoms with Crippen molar-refractivity contribution < 1.29 is 19.0 Å². The molecule has 6 heteroatoms. The van der Waals surface area contributed by atoms with Gasteiger partial charge in [0.15, 0.2) is 0 Å². The standard InChI is InChI=1S/C19H24N2O4/c1-23-16-12-17(24-2)14-18(13-16)25-11-10-21-19(22)20-9-8-15-6-4-3-5-7-15/h3-7,12-14H,8-11H2,1-2H3,(H2,20,21,22). The minimum atomic E-state index is -0.206. The molecule has 0 saturated carbocycles. The lowest BCUT2D eigenvalue weighted by atomic mass is 10.1. The summed E-state index contributed by atoms with van der Waals surface area (Å²) in [6.07, 6.45) is 0.800. The van der Waals surface area contributed by atoms with Crippen molar-refractivity contribution in [2.24, 2.45) is 0 Å². The highest BCUT2D eigenvalue weighted by Crippen LogP contribution is 2.27. The van der Waals surface area contributed by atoms with Gasteiger partial charge in [-0.1, -0.05) is 30.3 Å². The number of ether oxygens (including phenoxy) is 3. The molecule has 0 aliphatic rings. The van der Waals surface area contributed by atoms with Crippen molar-refractivity contribution >= 4 is 6.03 Å². The number of carbonyl (C=O) groups is 1. The highest BCUT2D eigenvalue weighted by Gasteiger charge is 2.04. The Morgan fingerprint density at radius 3 is 2.12 bits per heavy atom. The van der Waals surface area contributed by atoms with Crippen molar-refractivity contribution in [3.63, 3.8) is 0 Å². The van der Waals surface area contributed by atoms with E-state index in [0.717, 1.165) is 6.42 Å². The molecule has 2 rings (SSSR count).